The first kappa shape index (κ1) is 16.4. The van der Waals surface area contributed by atoms with E-state index in [0.717, 1.165) is 53.0 Å². The summed E-state index contributed by atoms with van der Waals surface area (Å²) in [7, 11) is 0. The first-order valence-corrected chi connectivity index (χ1v) is 9.33. The molecule has 3 heteroatoms. The minimum Gasteiger partial charge on any atom is -0.511 e. The Morgan fingerprint density at radius 2 is 1.72 bits per heavy atom. The summed E-state index contributed by atoms with van der Waals surface area (Å²) >= 11 is 5.98. The molecule has 4 rings (SSSR count). The van der Waals surface area contributed by atoms with Crippen molar-refractivity contribution in [3.05, 3.63) is 64.4 Å². The third-order valence-corrected chi connectivity index (χ3v) is 5.88. The Labute approximate surface area is 153 Å². The van der Waals surface area contributed by atoms with E-state index >= 15 is 0 Å². The van der Waals surface area contributed by atoms with Crippen LogP contribution >= 0.6 is 11.6 Å². The van der Waals surface area contributed by atoms with E-state index in [-0.39, 0.29) is 17.6 Å². The number of allylic oxidation sites excluding steroid dienone is 2. The highest BCUT2D eigenvalue weighted by molar-refractivity contribution is 6.30. The summed E-state index contributed by atoms with van der Waals surface area (Å²) < 4.78 is 0. The molecule has 1 N–H and O–H groups in total. The zero-order valence-electron chi connectivity index (χ0n) is 14.3. The number of hydrogen-bond donors (Lipinski definition) is 1. The molecule has 0 saturated heterocycles. The molecule has 2 nitrogen and oxygen atoms in total. The SMILES string of the molecule is CCc1cc(-c2ccc(Cl)cc2)ccc1C1=C(O)C2CC[C@H](C2)C1=O. The summed E-state index contributed by atoms with van der Waals surface area (Å²) in [5.41, 5.74) is 4.77. The highest BCUT2D eigenvalue weighted by Crippen LogP contribution is 2.46. The fraction of sp³-hybridized carbons (Fsp3) is 0.318. The van der Waals surface area contributed by atoms with Crippen LogP contribution in [-0.4, -0.2) is 10.9 Å². The van der Waals surface area contributed by atoms with E-state index in [9.17, 15) is 9.90 Å². The van der Waals surface area contributed by atoms with E-state index < -0.39 is 0 Å². The summed E-state index contributed by atoms with van der Waals surface area (Å²) in [6, 6.07) is 13.9. The molecule has 1 fully saturated rings. The Bertz CT molecular complexity index is 864. The standard InChI is InChI=1S/C22H21ClO2/c1-2-13-11-15(14-5-8-18(23)9-6-14)7-10-19(13)20-21(24)16-3-4-17(12-16)22(20)25/h5-11,16-17,24H,2-4,12H2,1H3/t16?,17-/m1/s1. The van der Waals surface area contributed by atoms with Crippen molar-refractivity contribution >= 4 is 23.0 Å². The van der Waals surface area contributed by atoms with E-state index in [4.69, 9.17) is 11.6 Å². The lowest BCUT2D eigenvalue weighted by Crippen LogP contribution is -2.21. The summed E-state index contributed by atoms with van der Waals surface area (Å²) in [4.78, 5) is 12.8. The molecule has 1 unspecified atom stereocenters. The van der Waals surface area contributed by atoms with Crippen LogP contribution in [-0.2, 0) is 11.2 Å². The van der Waals surface area contributed by atoms with Crippen molar-refractivity contribution in [2.45, 2.75) is 32.6 Å². The van der Waals surface area contributed by atoms with E-state index in [1.54, 1.807) is 0 Å². The first-order chi connectivity index (χ1) is 12.1. The van der Waals surface area contributed by atoms with Gasteiger partial charge in [0.25, 0.3) is 0 Å². The van der Waals surface area contributed by atoms with Crippen molar-refractivity contribution in [1.29, 1.82) is 0 Å². The van der Waals surface area contributed by atoms with Crippen LogP contribution in [0.5, 0.6) is 0 Å². The fourth-order valence-electron chi connectivity index (χ4n) is 4.23. The van der Waals surface area contributed by atoms with Gasteiger partial charge < -0.3 is 5.11 Å². The maximum absolute atomic E-state index is 12.8. The predicted octanol–water partition coefficient (Wildman–Crippen LogP) is 5.84. The second kappa shape index (κ2) is 6.34. The van der Waals surface area contributed by atoms with Crippen LogP contribution in [0.2, 0.25) is 5.02 Å². The van der Waals surface area contributed by atoms with Crippen LogP contribution in [0.4, 0.5) is 0 Å². The van der Waals surface area contributed by atoms with Gasteiger partial charge in [0.05, 0.1) is 5.57 Å². The highest BCUT2D eigenvalue weighted by atomic mass is 35.5. The zero-order chi connectivity index (χ0) is 17.6. The van der Waals surface area contributed by atoms with Gasteiger partial charge in [-0.15, -0.1) is 0 Å². The van der Waals surface area contributed by atoms with Crippen molar-refractivity contribution in [3.63, 3.8) is 0 Å². The van der Waals surface area contributed by atoms with E-state index in [0.29, 0.717) is 11.3 Å². The van der Waals surface area contributed by atoms with E-state index in [1.807, 2.05) is 36.4 Å². The minimum absolute atomic E-state index is 0.0940. The quantitative estimate of drug-likeness (QED) is 0.753. The second-order valence-corrected chi connectivity index (χ2v) is 7.50. The van der Waals surface area contributed by atoms with Gasteiger partial charge in [-0.25, -0.2) is 0 Å². The summed E-state index contributed by atoms with van der Waals surface area (Å²) in [5, 5.41) is 11.4. The smallest absolute Gasteiger partial charge is 0.169 e. The minimum atomic E-state index is 0.0940. The second-order valence-electron chi connectivity index (χ2n) is 7.06. The van der Waals surface area contributed by atoms with Gasteiger partial charge >= 0.3 is 0 Å². The molecule has 0 heterocycles. The number of carbonyl (C=O) groups excluding carboxylic acids is 1. The topological polar surface area (TPSA) is 37.3 Å². The Hall–Kier alpha value is -2.06. The maximum atomic E-state index is 12.8. The average molecular weight is 353 g/mol. The van der Waals surface area contributed by atoms with Crippen molar-refractivity contribution in [2.24, 2.45) is 11.8 Å². The Balaban J connectivity index is 1.80. The molecular weight excluding hydrogens is 332 g/mol. The molecule has 2 bridgehead atoms. The molecule has 2 aliphatic rings. The molecule has 128 valence electrons. The summed E-state index contributed by atoms with van der Waals surface area (Å²) in [6.07, 6.45) is 3.46. The van der Waals surface area contributed by atoms with Crippen molar-refractivity contribution in [3.8, 4) is 11.1 Å². The summed E-state index contributed by atoms with van der Waals surface area (Å²) in [5.74, 6) is 0.697. The van der Waals surface area contributed by atoms with Crippen LogP contribution in [0.3, 0.4) is 0 Å². The predicted molar refractivity (Wildman–Crippen MR) is 102 cm³/mol. The number of aliphatic hydroxyl groups excluding tert-OH is 1. The lowest BCUT2D eigenvalue weighted by Gasteiger charge is -2.23. The number of ketones is 1. The van der Waals surface area contributed by atoms with Gasteiger partial charge in [-0.2, -0.15) is 0 Å². The number of rotatable bonds is 3. The van der Waals surface area contributed by atoms with Crippen LogP contribution in [0.25, 0.3) is 16.7 Å². The van der Waals surface area contributed by atoms with Gasteiger partial charge in [0.1, 0.15) is 5.76 Å². The normalized spacial score (nSPS) is 22.6. The van der Waals surface area contributed by atoms with Gasteiger partial charge in [0.2, 0.25) is 0 Å². The molecule has 25 heavy (non-hydrogen) atoms. The van der Waals surface area contributed by atoms with Crippen LogP contribution in [0.15, 0.2) is 48.2 Å². The third-order valence-electron chi connectivity index (χ3n) is 5.63. The molecule has 0 spiro atoms. The molecule has 1 saturated carbocycles. The molecule has 2 aromatic carbocycles. The van der Waals surface area contributed by atoms with Gasteiger partial charge in [0, 0.05) is 16.9 Å². The van der Waals surface area contributed by atoms with Crippen molar-refractivity contribution in [2.75, 3.05) is 0 Å². The number of Topliss-reactive ketones (excluding diaryl/α,β-unsaturated/α-hetero) is 1. The maximum Gasteiger partial charge on any atom is 0.169 e. The van der Waals surface area contributed by atoms with Crippen LogP contribution in [0.1, 0.15) is 37.3 Å². The molecule has 0 radical (unpaired) electrons. The number of halogens is 1. The van der Waals surface area contributed by atoms with E-state index in [1.165, 1.54) is 0 Å². The lowest BCUT2D eigenvalue weighted by atomic mass is 9.81. The van der Waals surface area contributed by atoms with Crippen LogP contribution < -0.4 is 0 Å². The largest absolute Gasteiger partial charge is 0.511 e. The van der Waals surface area contributed by atoms with Crippen molar-refractivity contribution < 1.29 is 9.90 Å². The third kappa shape index (κ3) is 2.79. The van der Waals surface area contributed by atoms with Crippen LogP contribution in [0, 0.1) is 11.8 Å². The van der Waals surface area contributed by atoms with Crippen molar-refractivity contribution in [1.82, 2.24) is 0 Å². The molecule has 0 aromatic heterocycles. The fourth-order valence-corrected chi connectivity index (χ4v) is 4.35. The monoisotopic (exact) mass is 352 g/mol. The Kier molecular flexibility index (Phi) is 4.16. The number of fused-ring (bicyclic) bond motifs is 2. The lowest BCUT2D eigenvalue weighted by molar-refractivity contribution is -0.117. The summed E-state index contributed by atoms with van der Waals surface area (Å²) in [6.45, 7) is 2.09. The van der Waals surface area contributed by atoms with Gasteiger partial charge in [-0.1, -0.05) is 48.9 Å². The zero-order valence-corrected chi connectivity index (χ0v) is 15.0. The number of hydrogen-bond acceptors (Lipinski definition) is 2. The number of carbonyl (C=O) groups is 1. The Morgan fingerprint density at radius 1 is 1.04 bits per heavy atom. The van der Waals surface area contributed by atoms with Gasteiger partial charge in [-0.3, -0.25) is 4.79 Å². The van der Waals surface area contributed by atoms with Gasteiger partial charge in [-0.05, 0) is 60.1 Å². The molecule has 2 aromatic rings. The average Bonchev–Trinajstić information content (AvgIpc) is 3.08. The Morgan fingerprint density at radius 3 is 2.44 bits per heavy atom. The highest BCUT2D eigenvalue weighted by Gasteiger charge is 2.41. The first-order valence-electron chi connectivity index (χ1n) is 8.95. The van der Waals surface area contributed by atoms with Gasteiger partial charge in [0.15, 0.2) is 5.78 Å². The molecule has 2 atom stereocenters. The molecule has 0 amide bonds. The number of benzene rings is 2. The molecular formula is C22H21ClO2. The number of aryl methyl sites for hydroxylation is 1. The molecule has 2 aliphatic carbocycles. The van der Waals surface area contributed by atoms with E-state index in [2.05, 4.69) is 13.0 Å². The number of aliphatic hydroxyl groups is 1. The molecule has 0 aliphatic heterocycles.